The monoisotopic (exact) mass is 1650 g/mol. The minimum atomic E-state index is -5.42. The number of hydrogen-bond acceptors (Lipinski definition) is 30. The quantitative estimate of drug-likeness (QED) is 0.00687. The van der Waals surface area contributed by atoms with Crippen LogP contribution in [0, 0.1) is 11.8 Å². The second kappa shape index (κ2) is 43.9. The van der Waals surface area contributed by atoms with Crippen LogP contribution < -0.4 is 46.0 Å². The number of phenolic OH excluding ortho intramolecular Hbond substituents is 2. The molecule has 0 radical (unpaired) electrons. The van der Waals surface area contributed by atoms with E-state index in [1.54, 1.807) is 72.8 Å². The summed E-state index contributed by atoms with van der Waals surface area (Å²) in [4.78, 5) is 120. The Morgan fingerprint density at radius 1 is 0.468 bits per heavy atom. The summed E-state index contributed by atoms with van der Waals surface area (Å²) in [6.07, 6.45) is 8.04. The normalized spacial score (nSPS) is 15.3. The summed E-state index contributed by atoms with van der Waals surface area (Å²) in [7, 11) is -21.6. The lowest BCUT2D eigenvalue weighted by atomic mass is 9.92. The Morgan fingerprint density at radius 2 is 0.917 bits per heavy atom. The van der Waals surface area contributed by atoms with Crippen molar-refractivity contribution in [3.8, 4) is 56.4 Å². The number of fused-ring (bicyclic) bond motifs is 4. The van der Waals surface area contributed by atoms with Crippen LogP contribution in [0.15, 0.2) is 140 Å². The lowest BCUT2D eigenvalue weighted by Crippen LogP contribution is -2.25. The first-order valence-corrected chi connectivity index (χ1v) is 45.6. The van der Waals surface area contributed by atoms with Crippen molar-refractivity contribution in [2.75, 3.05) is 90.2 Å². The molecule has 8 rings (SSSR count). The zero-order chi connectivity index (χ0) is 78.5. The molecule has 37 heteroatoms. The summed E-state index contributed by atoms with van der Waals surface area (Å²) >= 11 is 0. The number of carbonyl (C=O) groups is 2. The maximum absolute atomic E-state index is 13.6. The SMILES string of the molecule is CCCCCCSSCCCCCCOP(=O)([O-])OCCOP(=O)([O-])OCC(CCCCNC(=O)c1cccc(-c2c3ccc(=O)cc-3oc3cc(O)ccc23)c1)COP(=O)([O-])CCOOP(=O)([O-])OCC(CCCCNC(=O)c1cccc(-c2c3ccc(=O)cc-3oc3cc(O)ccc23)c1)COP(=O)([O-])OCC. The zero-order valence-corrected chi connectivity index (χ0v) is 66.2. The predicted molar refractivity (Wildman–Crippen MR) is 403 cm³/mol. The number of phosphoric ester groups is 4. The number of unbranched alkanes of at least 4 members (excludes halogenated alkanes) is 8. The molecule has 4 aliphatic rings. The van der Waals surface area contributed by atoms with E-state index in [2.05, 4.69) is 26.8 Å². The molecule has 7 atom stereocenters. The van der Waals surface area contributed by atoms with E-state index in [0.717, 1.165) is 30.8 Å². The van der Waals surface area contributed by atoms with E-state index in [4.69, 9.17) is 45.4 Å². The van der Waals surface area contributed by atoms with Gasteiger partial charge in [-0.2, -0.15) is 4.67 Å². The number of phosphoric acid groups is 4. The fraction of sp³-hybridized carbons (Fsp3) is 0.444. The molecule has 596 valence electrons. The molecular weight excluding hydrogens is 1560 g/mol. The van der Waals surface area contributed by atoms with Gasteiger partial charge in [-0.05, 0) is 136 Å². The van der Waals surface area contributed by atoms with Crippen LogP contribution in [0.3, 0.4) is 0 Å². The Morgan fingerprint density at radius 3 is 1.41 bits per heavy atom. The number of benzene rings is 6. The maximum Gasteiger partial charge on any atom is 0.298 e. The topological polar surface area (TPSA) is 452 Å². The molecule has 2 amide bonds. The summed E-state index contributed by atoms with van der Waals surface area (Å²) in [5.74, 6) is -0.389. The van der Waals surface area contributed by atoms with Crippen LogP contribution in [0.1, 0.15) is 124 Å². The van der Waals surface area contributed by atoms with Crippen molar-refractivity contribution >= 4 is 94.2 Å². The molecular formula is C72H88N2O28P5S2-5. The first-order chi connectivity index (χ1) is 52.1. The fourth-order valence-electron chi connectivity index (χ4n) is 11.3. The third-order valence-corrected chi connectivity index (χ3v) is 24.3. The highest BCUT2D eigenvalue weighted by Gasteiger charge is 2.25. The molecule has 4 N–H and O–H groups in total. The van der Waals surface area contributed by atoms with Gasteiger partial charge in [0.1, 0.15) is 41.8 Å². The van der Waals surface area contributed by atoms with Gasteiger partial charge in [0.05, 0.1) is 59.5 Å². The van der Waals surface area contributed by atoms with Gasteiger partial charge in [0, 0.05) is 111 Å². The van der Waals surface area contributed by atoms with Gasteiger partial charge >= 0.3 is 0 Å². The highest BCUT2D eigenvalue weighted by molar-refractivity contribution is 8.76. The van der Waals surface area contributed by atoms with Crippen molar-refractivity contribution < 1.29 is 122 Å². The summed E-state index contributed by atoms with van der Waals surface area (Å²) in [5.41, 5.74) is 4.22. The summed E-state index contributed by atoms with van der Waals surface area (Å²) < 4.78 is 120. The molecule has 2 heterocycles. The van der Waals surface area contributed by atoms with Gasteiger partial charge in [0.15, 0.2) is 10.9 Å². The lowest BCUT2D eigenvalue weighted by molar-refractivity contribution is -0.305. The Labute approximate surface area is 638 Å². The van der Waals surface area contributed by atoms with Crippen LogP contribution in [0.25, 0.3) is 66.8 Å². The van der Waals surface area contributed by atoms with Gasteiger partial charge < -0.3 is 94.9 Å². The van der Waals surface area contributed by atoms with Gasteiger partial charge in [0.25, 0.3) is 43.1 Å². The minimum absolute atomic E-state index is 0.0275. The van der Waals surface area contributed by atoms with E-state index < -0.39 is 115 Å². The Balaban J connectivity index is 0.801. The van der Waals surface area contributed by atoms with Crippen molar-refractivity contribution in [3.05, 3.63) is 153 Å². The molecule has 7 unspecified atom stereocenters. The van der Waals surface area contributed by atoms with E-state index in [0.29, 0.717) is 68.2 Å². The highest BCUT2D eigenvalue weighted by atomic mass is 33.1. The van der Waals surface area contributed by atoms with E-state index in [1.165, 1.54) is 81.1 Å². The van der Waals surface area contributed by atoms with Crippen molar-refractivity contribution in [2.45, 2.75) is 104 Å². The number of nitrogens with one attached hydrogen (secondary N) is 2. The summed E-state index contributed by atoms with van der Waals surface area (Å²) in [6.45, 7) is -1.89. The molecule has 4 aromatic rings. The first-order valence-electron chi connectivity index (χ1n) is 35.5. The number of rotatable bonds is 52. The third-order valence-electron chi connectivity index (χ3n) is 16.7. The van der Waals surface area contributed by atoms with Crippen LogP contribution in [-0.2, 0) is 68.6 Å². The molecule has 0 bridgehead atoms. The molecule has 2 aliphatic carbocycles. The standard InChI is InChI=1S/C72H93N2O28P5S2/c1-3-5-6-14-39-108-109-40-15-8-7-13-34-93-105(85,86)94-35-36-95-106(87,88)98-48-51(18-9-11-32-73-71(79)55-22-16-20-53(41-55)69-61-28-24-57(75)43-65(61)100-66-44-58(76)25-29-62(66)69)47-96-103(81,82)38-37-91-102-107(89,90)99-50-52(49-97-104(83,84)92-4-2)19-10-12-33-74-72(80)56-23-17-21-54(42-56)70-63-30-26-59(77)45-67(63)101-68-46-60(78)27-31-64(68)70/h16-17,20-31,41-46,51-52,75,77H,3-15,18-19,32-40,47-50H2,1-2H3,(H,73,79)(H,74,80)(H,81,82)(H,83,84)(H,85,86)(H,87,88)(H,89,90)/p-5. The van der Waals surface area contributed by atoms with Crippen LogP contribution in [0.2, 0.25) is 0 Å². The summed E-state index contributed by atoms with van der Waals surface area (Å²) in [6, 6.07) is 31.1. The predicted octanol–water partition coefficient (Wildman–Crippen LogP) is 12.6. The second-order valence-electron chi connectivity index (χ2n) is 25.3. The third kappa shape index (κ3) is 30.2. The second-order valence-corrected chi connectivity index (χ2v) is 35.4. The zero-order valence-electron chi connectivity index (χ0n) is 60.1. The molecule has 0 saturated carbocycles. The van der Waals surface area contributed by atoms with Crippen molar-refractivity contribution in [3.63, 3.8) is 0 Å². The first kappa shape index (κ1) is 88.6. The lowest BCUT2D eigenvalue weighted by Gasteiger charge is -2.29. The van der Waals surface area contributed by atoms with Crippen molar-refractivity contribution in [2.24, 2.45) is 11.8 Å². The number of aromatic hydroxyl groups is 2. The number of amides is 2. The van der Waals surface area contributed by atoms with Gasteiger partial charge in [0.2, 0.25) is 0 Å². The average molecular weight is 1650 g/mol. The summed E-state index contributed by atoms with van der Waals surface area (Å²) in [5, 5.41) is 27.2. The molecule has 30 nitrogen and oxygen atoms in total. The largest absolute Gasteiger partial charge is 0.778 e. The van der Waals surface area contributed by atoms with Crippen LogP contribution >= 0.6 is 60.5 Å². The maximum atomic E-state index is 13.6. The smallest absolute Gasteiger partial charge is 0.298 e. The van der Waals surface area contributed by atoms with Crippen LogP contribution in [0.4, 0.5) is 0 Å². The van der Waals surface area contributed by atoms with Crippen molar-refractivity contribution in [1.82, 2.24) is 10.6 Å². The molecule has 2 aliphatic heterocycles. The molecule has 0 saturated heterocycles. The molecule has 4 aromatic carbocycles. The molecule has 0 spiro atoms. The van der Waals surface area contributed by atoms with Crippen molar-refractivity contribution in [1.29, 1.82) is 0 Å². The molecule has 109 heavy (non-hydrogen) atoms. The van der Waals surface area contributed by atoms with E-state index in [9.17, 15) is 76.7 Å². The van der Waals surface area contributed by atoms with Gasteiger partial charge in [-0.3, -0.25) is 37.4 Å². The van der Waals surface area contributed by atoms with E-state index >= 15 is 0 Å². The Bertz CT molecular complexity index is 4590. The molecule has 0 aromatic heterocycles. The van der Waals surface area contributed by atoms with Crippen LogP contribution in [-0.4, -0.2) is 112 Å². The Kier molecular flexibility index (Phi) is 35.7. The Hall–Kier alpha value is -5.95. The van der Waals surface area contributed by atoms with Crippen LogP contribution in [0.5, 0.6) is 11.5 Å². The van der Waals surface area contributed by atoms with E-state index in [-0.39, 0.29) is 103 Å². The molecule has 0 fully saturated rings. The minimum Gasteiger partial charge on any atom is -0.778 e. The number of hydrogen-bond donors (Lipinski definition) is 4. The average Bonchev–Trinajstić information content (AvgIpc) is 0.761. The van der Waals surface area contributed by atoms with Gasteiger partial charge in [-0.15, -0.1) is 0 Å². The fourth-order valence-corrected chi connectivity index (χ4v) is 17.4. The van der Waals surface area contributed by atoms with Gasteiger partial charge in [-0.25, -0.2) is 4.89 Å². The number of carbonyl (C=O) groups excluding carboxylic acids is 2. The highest BCUT2D eigenvalue weighted by Crippen LogP contribution is 2.47. The number of phenols is 2. The van der Waals surface area contributed by atoms with Gasteiger partial charge in [-0.1, -0.05) is 97.7 Å². The van der Waals surface area contributed by atoms with E-state index in [1.807, 2.05) is 21.6 Å².